The standard InChI is InChI=1S/C8H19NO/c1-5-7(6-2)8(3,4)10-9/h7H,5-6,9H2,1-4H3. The third-order valence-electron chi connectivity index (χ3n) is 2.27. The Morgan fingerprint density at radius 3 is 1.80 bits per heavy atom. The molecule has 10 heavy (non-hydrogen) atoms. The molecule has 0 unspecified atom stereocenters. The van der Waals surface area contributed by atoms with Crippen molar-refractivity contribution in [2.45, 2.75) is 46.1 Å². The highest BCUT2D eigenvalue weighted by Gasteiger charge is 2.26. The summed E-state index contributed by atoms with van der Waals surface area (Å²) in [5.74, 6) is 5.73. The van der Waals surface area contributed by atoms with Gasteiger partial charge >= 0.3 is 0 Å². The summed E-state index contributed by atoms with van der Waals surface area (Å²) < 4.78 is 0. The minimum atomic E-state index is -0.163. The van der Waals surface area contributed by atoms with Crippen molar-refractivity contribution in [2.24, 2.45) is 11.8 Å². The van der Waals surface area contributed by atoms with Crippen LogP contribution in [0.1, 0.15) is 40.5 Å². The first-order valence-corrected chi connectivity index (χ1v) is 3.96. The fourth-order valence-electron chi connectivity index (χ4n) is 1.37. The fraction of sp³-hybridized carbons (Fsp3) is 1.00. The van der Waals surface area contributed by atoms with Gasteiger partial charge in [-0.05, 0) is 19.8 Å². The predicted octanol–water partition coefficient (Wildman–Crippen LogP) is 2.09. The van der Waals surface area contributed by atoms with Crippen molar-refractivity contribution < 1.29 is 4.84 Å². The van der Waals surface area contributed by atoms with E-state index in [0.29, 0.717) is 5.92 Å². The maximum absolute atomic E-state index is 5.16. The SMILES string of the molecule is CCC(CC)C(C)(C)ON. The molecule has 0 saturated carbocycles. The van der Waals surface area contributed by atoms with E-state index >= 15 is 0 Å². The van der Waals surface area contributed by atoms with Crippen molar-refractivity contribution in [3.05, 3.63) is 0 Å². The van der Waals surface area contributed by atoms with Crippen LogP contribution in [-0.2, 0) is 4.84 Å². The van der Waals surface area contributed by atoms with E-state index in [2.05, 4.69) is 13.8 Å². The van der Waals surface area contributed by atoms with Crippen LogP contribution >= 0.6 is 0 Å². The van der Waals surface area contributed by atoms with Gasteiger partial charge in [-0.15, -0.1) is 0 Å². The lowest BCUT2D eigenvalue weighted by molar-refractivity contribution is -0.0649. The largest absolute Gasteiger partial charge is 0.298 e. The molecule has 0 aliphatic heterocycles. The average molecular weight is 145 g/mol. The molecule has 2 heteroatoms. The normalized spacial score (nSPS) is 12.6. The molecule has 62 valence electrons. The number of hydrogen-bond donors (Lipinski definition) is 1. The van der Waals surface area contributed by atoms with Crippen molar-refractivity contribution in [2.75, 3.05) is 0 Å². The first kappa shape index (κ1) is 9.92. The van der Waals surface area contributed by atoms with Crippen molar-refractivity contribution in [3.63, 3.8) is 0 Å². The molecule has 0 atom stereocenters. The van der Waals surface area contributed by atoms with Gasteiger partial charge in [-0.1, -0.05) is 26.7 Å². The average Bonchev–Trinajstić information content (AvgIpc) is 1.90. The Hall–Kier alpha value is -0.0800. The molecule has 0 aromatic rings. The summed E-state index contributed by atoms with van der Waals surface area (Å²) in [6.45, 7) is 8.39. The molecule has 0 aliphatic rings. The lowest BCUT2D eigenvalue weighted by Crippen LogP contribution is -2.36. The van der Waals surface area contributed by atoms with Gasteiger partial charge in [-0.2, -0.15) is 0 Å². The quantitative estimate of drug-likeness (QED) is 0.615. The number of hydrogen-bond acceptors (Lipinski definition) is 2. The lowest BCUT2D eigenvalue weighted by atomic mass is 9.87. The van der Waals surface area contributed by atoms with Crippen molar-refractivity contribution in [3.8, 4) is 0 Å². The summed E-state index contributed by atoms with van der Waals surface area (Å²) in [5.41, 5.74) is -0.163. The van der Waals surface area contributed by atoms with Gasteiger partial charge in [0, 0.05) is 0 Å². The van der Waals surface area contributed by atoms with Gasteiger partial charge in [0.25, 0.3) is 0 Å². The molecular formula is C8H19NO. The molecule has 0 heterocycles. The van der Waals surface area contributed by atoms with Crippen LogP contribution in [0, 0.1) is 5.92 Å². The minimum absolute atomic E-state index is 0.163. The van der Waals surface area contributed by atoms with Crippen molar-refractivity contribution >= 4 is 0 Å². The van der Waals surface area contributed by atoms with Gasteiger partial charge in [-0.3, -0.25) is 4.84 Å². The maximum Gasteiger partial charge on any atom is 0.0865 e. The third-order valence-corrected chi connectivity index (χ3v) is 2.27. The van der Waals surface area contributed by atoms with E-state index in [1.807, 2.05) is 13.8 Å². The molecule has 0 aliphatic carbocycles. The van der Waals surface area contributed by atoms with Crippen LogP contribution in [0.3, 0.4) is 0 Å². The van der Waals surface area contributed by atoms with Gasteiger partial charge in [0.15, 0.2) is 0 Å². The van der Waals surface area contributed by atoms with E-state index < -0.39 is 0 Å². The molecule has 0 spiro atoms. The molecule has 0 rings (SSSR count). The molecule has 0 bridgehead atoms. The van der Waals surface area contributed by atoms with Crippen LogP contribution in [0.25, 0.3) is 0 Å². The highest BCUT2D eigenvalue weighted by atomic mass is 16.6. The van der Waals surface area contributed by atoms with E-state index in [1.54, 1.807) is 0 Å². The number of rotatable bonds is 4. The second-order valence-corrected chi connectivity index (χ2v) is 3.23. The molecule has 0 amide bonds. The molecule has 0 radical (unpaired) electrons. The second-order valence-electron chi connectivity index (χ2n) is 3.23. The Morgan fingerprint density at radius 1 is 1.30 bits per heavy atom. The summed E-state index contributed by atoms with van der Waals surface area (Å²) in [5, 5.41) is 0. The minimum Gasteiger partial charge on any atom is -0.298 e. The summed E-state index contributed by atoms with van der Waals surface area (Å²) in [6.07, 6.45) is 2.25. The van der Waals surface area contributed by atoms with E-state index in [-0.39, 0.29) is 5.60 Å². The number of nitrogens with two attached hydrogens (primary N) is 1. The summed E-state index contributed by atoms with van der Waals surface area (Å²) in [4.78, 5) is 4.88. The molecular weight excluding hydrogens is 126 g/mol. The van der Waals surface area contributed by atoms with Gasteiger partial charge in [0.05, 0.1) is 5.60 Å². The predicted molar refractivity (Wildman–Crippen MR) is 43.4 cm³/mol. The van der Waals surface area contributed by atoms with Crippen molar-refractivity contribution in [1.29, 1.82) is 0 Å². The van der Waals surface area contributed by atoms with Gasteiger partial charge < -0.3 is 0 Å². The maximum atomic E-state index is 5.16. The first-order valence-electron chi connectivity index (χ1n) is 3.96. The third kappa shape index (κ3) is 2.27. The van der Waals surface area contributed by atoms with E-state index in [0.717, 1.165) is 12.8 Å². The smallest absolute Gasteiger partial charge is 0.0865 e. The Kier molecular flexibility index (Phi) is 3.91. The zero-order chi connectivity index (χ0) is 8.20. The highest BCUT2D eigenvalue weighted by Crippen LogP contribution is 2.25. The topological polar surface area (TPSA) is 35.2 Å². The van der Waals surface area contributed by atoms with E-state index in [1.165, 1.54) is 0 Å². The molecule has 2 N–H and O–H groups in total. The van der Waals surface area contributed by atoms with E-state index in [9.17, 15) is 0 Å². The Bertz CT molecular complexity index is 87.3. The van der Waals surface area contributed by atoms with E-state index in [4.69, 9.17) is 10.7 Å². The van der Waals surface area contributed by atoms with Crippen LogP contribution in [-0.4, -0.2) is 5.60 Å². The first-order chi connectivity index (χ1) is 4.58. The molecule has 2 nitrogen and oxygen atoms in total. The lowest BCUT2D eigenvalue weighted by Gasteiger charge is -2.30. The van der Waals surface area contributed by atoms with Gasteiger partial charge in [-0.25, -0.2) is 5.90 Å². The zero-order valence-corrected chi connectivity index (χ0v) is 7.48. The molecule has 0 aromatic heterocycles. The molecule has 0 aromatic carbocycles. The fourth-order valence-corrected chi connectivity index (χ4v) is 1.37. The van der Waals surface area contributed by atoms with Crippen LogP contribution in [0.4, 0.5) is 0 Å². The van der Waals surface area contributed by atoms with Crippen LogP contribution in [0.5, 0.6) is 0 Å². The highest BCUT2D eigenvalue weighted by molar-refractivity contribution is 4.76. The van der Waals surface area contributed by atoms with Crippen LogP contribution in [0.2, 0.25) is 0 Å². The summed E-state index contributed by atoms with van der Waals surface area (Å²) in [6, 6.07) is 0. The summed E-state index contributed by atoms with van der Waals surface area (Å²) >= 11 is 0. The molecule has 0 saturated heterocycles. The molecule has 0 fully saturated rings. The van der Waals surface area contributed by atoms with Crippen molar-refractivity contribution in [1.82, 2.24) is 0 Å². The van der Waals surface area contributed by atoms with Crippen LogP contribution < -0.4 is 5.90 Å². The second kappa shape index (κ2) is 3.94. The Morgan fingerprint density at radius 2 is 1.70 bits per heavy atom. The van der Waals surface area contributed by atoms with Gasteiger partial charge in [0.1, 0.15) is 0 Å². The van der Waals surface area contributed by atoms with Crippen LogP contribution in [0.15, 0.2) is 0 Å². The summed E-state index contributed by atoms with van der Waals surface area (Å²) in [7, 11) is 0. The Labute approximate surface area is 63.7 Å². The van der Waals surface area contributed by atoms with Gasteiger partial charge in [0.2, 0.25) is 0 Å². The zero-order valence-electron chi connectivity index (χ0n) is 7.48. The monoisotopic (exact) mass is 145 g/mol. The Balaban J connectivity index is 3.97.